The monoisotopic (exact) mass is 369 g/mol. The van der Waals surface area contributed by atoms with Gasteiger partial charge in [-0.25, -0.2) is 9.36 Å². The lowest BCUT2D eigenvalue weighted by molar-refractivity contribution is 0.0541. The van der Waals surface area contributed by atoms with Gasteiger partial charge in [-0.3, -0.25) is 4.79 Å². The first-order valence-electron chi connectivity index (χ1n) is 8.33. The van der Waals surface area contributed by atoms with E-state index < -0.39 is 11.7 Å². The van der Waals surface area contributed by atoms with Gasteiger partial charge in [-0.15, -0.1) is 0 Å². The number of carbonyl (C=O) groups excluding carboxylic acids is 2. The smallest absolute Gasteiger partial charge is 0.419 e. The topological polar surface area (TPSA) is 48.3 Å². The molecule has 0 saturated heterocycles. The first-order valence-corrected chi connectivity index (χ1v) is 8.70. The quantitative estimate of drug-likeness (QED) is 0.551. The molecule has 0 atom stereocenters. The Morgan fingerprint density at radius 1 is 1.00 bits per heavy atom. The van der Waals surface area contributed by atoms with Gasteiger partial charge in [0.25, 0.3) is 0 Å². The second-order valence-electron chi connectivity index (χ2n) is 7.13. The summed E-state index contributed by atoms with van der Waals surface area (Å²) in [7, 11) is 0. The van der Waals surface area contributed by atoms with E-state index in [0.29, 0.717) is 27.4 Å². The Labute approximate surface area is 157 Å². The Morgan fingerprint density at radius 2 is 1.62 bits per heavy atom. The lowest BCUT2D eigenvalue weighted by Gasteiger charge is -2.20. The Hall–Kier alpha value is -2.59. The van der Waals surface area contributed by atoms with Gasteiger partial charge in [-0.05, 0) is 58.0 Å². The molecule has 5 heteroatoms. The van der Waals surface area contributed by atoms with E-state index in [1.807, 2.05) is 45.0 Å². The van der Waals surface area contributed by atoms with Gasteiger partial charge >= 0.3 is 6.09 Å². The molecule has 0 aliphatic carbocycles. The van der Waals surface area contributed by atoms with Crippen LogP contribution in [0.4, 0.5) is 4.79 Å². The zero-order valence-corrected chi connectivity index (χ0v) is 15.9. The average Bonchev–Trinajstić information content (AvgIpc) is 2.85. The number of nitrogens with zero attached hydrogens (tertiary/aromatic N) is 1. The molecule has 3 rings (SSSR count). The maximum Gasteiger partial charge on any atom is 0.419 e. The van der Waals surface area contributed by atoms with Crippen LogP contribution in [-0.2, 0) is 4.74 Å². The van der Waals surface area contributed by atoms with Crippen LogP contribution < -0.4 is 0 Å². The fraction of sp³-hybridized carbons (Fsp3) is 0.238. The molecule has 2 aromatic carbocycles. The van der Waals surface area contributed by atoms with Gasteiger partial charge in [0, 0.05) is 21.7 Å². The van der Waals surface area contributed by atoms with Gasteiger partial charge < -0.3 is 4.74 Å². The van der Waals surface area contributed by atoms with E-state index in [9.17, 15) is 9.59 Å². The molecule has 0 N–H and O–H groups in total. The number of ketones is 1. The van der Waals surface area contributed by atoms with Gasteiger partial charge in [0.15, 0.2) is 5.78 Å². The molecule has 0 unspecified atom stereocenters. The zero-order chi connectivity index (χ0) is 19.1. The second-order valence-corrected chi connectivity index (χ2v) is 7.57. The summed E-state index contributed by atoms with van der Waals surface area (Å²) in [6.45, 7) is 7.19. The number of benzene rings is 2. The highest BCUT2D eigenvalue weighted by atomic mass is 35.5. The summed E-state index contributed by atoms with van der Waals surface area (Å²) >= 11 is 5.92. The van der Waals surface area contributed by atoms with Crippen molar-refractivity contribution in [3.63, 3.8) is 0 Å². The van der Waals surface area contributed by atoms with E-state index in [-0.39, 0.29) is 5.78 Å². The molecular formula is C21H20ClNO3. The van der Waals surface area contributed by atoms with E-state index in [0.717, 1.165) is 5.39 Å². The third-order valence-corrected chi connectivity index (χ3v) is 4.27. The Balaban J connectivity index is 2.18. The molecule has 0 spiro atoms. The zero-order valence-electron chi connectivity index (χ0n) is 15.2. The number of carbonyl (C=O) groups is 2. The fourth-order valence-corrected chi connectivity index (χ4v) is 3.07. The fourth-order valence-electron chi connectivity index (χ4n) is 2.94. The van der Waals surface area contributed by atoms with Crippen molar-refractivity contribution < 1.29 is 14.3 Å². The maximum absolute atomic E-state index is 13.1. The second kappa shape index (κ2) is 6.61. The minimum Gasteiger partial charge on any atom is -0.443 e. The maximum atomic E-state index is 13.1. The molecular weight excluding hydrogens is 350 g/mol. The summed E-state index contributed by atoms with van der Waals surface area (Å²) in [5.41, 5.74) is 1.59. The van der Waals surface area contributed by atoms with E-state index in [4.69, 9.17) is 16.3 Å². The van der Waals surface area contributed by atoms with Crippen molar-refractivity contribution in [2.24, 2.45) is 0 Å². The van der Waals surface area contributed by atoms with Crippen LogP contribution in [0.3, 0.4) is 0 Å². The minimum absolute atomic E-state index is 0.155. The third-order valence-electron chi connectivity index (χ3n) is 4.02. The highest BCUT2D eigenvalue weighted by molar-refractivity contribution is 6.30. The van der Waals surface area contributed by atoms with Crippen molar-refractivity contribution in [2.75, 3.05) is 0 Å². The summed E-state index contributed by atoms with van der Waals surface area (Å²) in [6.07, 6.45) is -0.499. The molecule has 134 valence electrons. The van der Waals surface area contributed by atoms with Crippen molar-refractivity contribution >= 4 is 34.4 Å². The lowest BCUT2D eigenvalue weighted by Crippen LogP contribution is -2.27. The molecule has 0 aliphatic rings. The summed E-state index contributed by atoms with van der Waals surface area (Å²) in [4.78, 5) is 25.8. The molecule has 4 nitrogen and oxygen atoms in total. The Kier molecular flexibility index (Phi) is 4.63. The van der Waals surface area contributed by atoms with Gasteiger partial charge in [-0.2, -0.15) is 0 Å². The highest BCUT2D eigenvalue weighted by Gasteiger charge is 2.26. The average molecular weight is 370 g/mol. The van der Waals surface area contributed by atoms with E-state index >= 15 is 0 Å². The molecule has 0 aliphatic heterocycles. The largest absolute Gasteiger partial charge is 0.443 e. The van der Waals surface area contributed by atoms with Gasteiger partial charge in [-0.1, -0.05) is 29.8 Å². The summed E-state index contributed by atoms with van der Waals surface area (Å²) < 4.78 is 6.98. The van der Waals surface area contributed by atoms with E-state index in [2.05, 4.69) is 0 Å². The predicted molar refractivity (Wildman–Crippen MR) is 103 cm³/mol. The molecule has 0 fully saturated rings. The van der Waals surface area contributed by atoms with Crippen molar-refractivity contribution in [1.29, 1.82) is 0 Å². The lowest BCUT2D eigenvalue weighted by atomic mass is 10.0. The Morgan fingerprint density at radius 3 is 2.23 bits per heavy atom. The molecule has 26 heavy (non-hydrogen) atoms. The predicted octanol–water partition coefficient (Wildman–Crippen LogP) is 5.62. The number of para-hydroxylation sites is 1. The number of rotatable bonds is 2. The normalized spacial score (nSPS) is 11.6. The van der Waals surface area contributed by atoms with Crippen molar-refractivity contribution in [1.82, 2.24) is 4.57 Å². The first kappa shape index (κ1) is 18.2. The van der Waals surface area contributed by atoms with Crippen LogP contribution in [0, 0.1) is 6.92 Å². The molecule has 0 amide bonds. The summed E-state index contributed by atoms with van der Waals surface area (Å²) in [5, 5.41) is 1.28. The van der Waals surface area contributed by atoms with Crippen LogP contribution >= 0.6 is 11.6 Å². The van der Waals surface area contributed by atoms with Crippen LogP contribution in [0.15, 0.2) is 48.5 Å². The number of fused-ring (bicyclic) bond motifs is 1. The SMILES string of the molecule is Cc1c(C(=O)c2ccc(Cl)cc2)c2ccccc2n1C(=O)OC(C)(C)C. The highest BCUT2D eigenvalue weighted by Crippen LogP contribution is 2.29. The Bertz CT molecular complexity index is 995. The summed E-state index contributed by atoms with van der Waals surface area (Å²) in [5.74, 6) is -0.155. The standard InChI is InChI=1S/C21H20ClNO3/c1-13-18(19(24)14-9-11-15(22)12-10-14)16-7-5-6-8-17(16)23(13)20(25)26-21(2,3)4/h5-12H,1-4H3. The molecule has 3 aromatic rings. The minimum atomic E-state index is -0.630. The van der Waals surface area contributed by atoms with Crippen LogP contribution in [0.1, 0.15) is 42.4 Å². The number of ether oxygens (including phenoxy) is 1. The summed E-state index contributed by atoms with van der Waals surface area (Å²) in [6, 6.07) is 14.1. The molecule has 1 heterocycles. The molecule has 0 saturated carbocycles. The molecule has 0 bridgehead atoms. The van der Waals surface area contributed by atoms with Crippen LogP contribution in [-0.4, -0.2) is 22.0 Å². The van der Waals surface area contributed by atoms with Gasteiger partial charge in [0.2, 0.25) is 0 Å². The van der Waals surface area contributed by atoms with Crippen LogP contribution in [0.25, 0.3) is 10.9 Å². The number of hydrogen-bond donors (Lipinski definition) is 0. The molecule has 0 radical (unpaired) electrons. The van der Waals surface area contributed by atoms with E-state index in [1.165, 1.54) is 4.57 Å². The van der Waals surface area contributed by atoms with Gasteiger partial charge in [0.1, 0.15) is 5.60 Å². The number of halogens is 1. The van der Waals surface area contributed by atoms with Crippen LogP contribution in [0.2, 0.25) is 5.02 Å². The molecule has 1 aromatic heterocycles. The first-order chi connectivity index (χ1) is 12.2. The number of aromatic nitrogens is 1. The van der Waals surface area contributed by atoms with Crippen molar-refractivity contribution in [3.8, 4) is 0 Å². The van der Waals surface area contributed by atoms with Crippen molar-refractivity contribution in [3.05, 3.63) is 70.4 Å². The van der Waals surface area contributed by atoms with Crippen LogP contribution in [0.5, 0.6) is 0 Å². The third kappa shape index (κ3) is 3.37. The van der Waals surface area contributed by atoms with Gasteiger partial charge in [0.05, 0.1) is 11.1 Å². The van der Waals surface area contributed by atoms with Crippen molar-refractivity contribution in [2.45, 2.75) is 33.3 Å². The number of hydrogen-bond acceptors (Lipinski definition) is 3. The van der Waals surface area contributed by atoms with E-state index in [1.54, 1.807) is 31.2 Å².